The summed E-state index contributed by atoms with van der Waals surface area (Å²) >= 11 is 0. The Morgan fingerprint density at radius 3 is 2.36 bits per heavy atom. The van der Waals surface area contributed by atoms with Crippen LogP contribution in [0.2, 0.25) is 0 Å². The molecule has 1 unspecified atom stereocenters. The van der Waals surface area contributed by atoms with Gasteiger partial charge in [-0.15, -0.1) is 0 Å². The Hall–Kier alpha value is -3.65. The van der Waals surface area contributed by atoms with Gasteiger partial charge < -0.3 is 33.5 Å². The number of hydrogen-bond acceptors (Lipinski definition) is 7. The number of carbonyl (C=O) groups excluding carboxylic acids is 1. The fourth-order valence-electron chi connectivity index (χ4n) is 6.44. The summed E-state index contributed by atoms with van der Waals surface area (Å²) in [5.74, 6) is 4.38. The van der Waals surface area contributed by atoms with Crippen molar-refractivity contribution in [2.75, 3.05) is 67.8 Å². The number of nitrogens with zero attached hydrogens (tertiary/aromatic N) is 2. The fraction of sp³-hybridized carbons (Fsp3) is 0.500. The molecular weight excluding hydrogens is 532 g/mol. The lowest BCUT2D eigenvalue weighted by Gasteiger charge is -2.29. The van der Waals surface area contributed by atoms with Crippen LogP contribution in [0.3, 0.4) is 0 Å². The maximum Gasteiger partial charge on any atom is 0.227 e. The molecule has 5 rings (SSSR count). The van der Waals surface area contributed by atoms with Crippen molar-refractivity contribution in [1.29, 1.82) is 0 Å². The van der Waals surface area contributed by atoms with Gasteiger partial charge in [-0.2, -0.15) is 0 Å². The average molecular weight is 577 g/mol. The van der Waals surface area contributed by atoms with E-state index in [4.69, 9.17) is 23.7 Å². The van der Waals surface area contributed by atoms with Crippen LogP contribution in [-0.2, 0) is 17.6 Å². The molecule has 3 aromatic rings. The summed E-state index contributed by atoms with van der Waals surface area (Å²) in [6.07, 6.45) is 5.75. The van der Waals surface area contributed by atoms with Gasteiger partial charge in [-0.3, -0.25) is 4.79 Å². The Bertz CT molecular complexity index is 1380. The minimum atomic E-state index is 0.203. The monoisotopic (exact) mass is 576 g/mol. The molecule has 1 saturated heterocycles. The standard InChI is InChI=1S/C34H44N2O6/c1-38-30-13-12-27-28(34(30)41-4)10-7-11-29(27)42-18-8-16-35-15-6-5-9-24(22-35)23-36-17-14-25-19-31(39-2)32(40-3)20-26(25)21-33(36)37/h7,10-13,19-20,24H,5-6,8-9,14-18,21-23H2,1-4H3. The van der Waals surface area contributed by atoms with Crippen molar-refractivity contribution >= 4 is 16.7 Å². The van der Waals surface area contributed by atoms with E-state index in [1.54, 1.807) is 28.4 Å². The largest absolute Gasteiger partial charge is 0.493 e. The second-order valence-corrected chi connectivity index (χ2v) is 11.3. The van der Waals surface area contributed by atoms with Crippen LogP contribution in [0.4, 0.5) is 0 Å². The normalized spacial score (nSPS) is 17.8. The minimum absolute atomic E-state index is 0.203. The van der Waals surface area contributed by atoms with Gasteiger partial charge in [-0.25, -0.2) is 0 Å². The van der Waals surface area contributed by atoms with Crippen LogP contribution < -0.4 is 23.7 Å². The maximum atomic E-state index is 13.3. The first kappa shape index (κ1) is 29.8. The molecule has 2 aliphatic rings. The summed E-state index contributed by atoms with van der Waals surface area (Å²) in [4.78, 5) is 17.9. The van der Waals surface area contributed by atoms with E-state index in [0.29, 0.717) is 30.4 Å². The number of amides is 1. The molecule has 3 aromatic carbocycles. The second kappa shape index (κ2) is 14.0. The molecule has 0 N–H and O–H groups in total. The van der Waals surface area contributed by atoms with E-state index in [1.807, 2.05) is 42.5 Å². The Morgan fingerprint density at radius 1 is 0.810 bits per heavy atom. The predicted octanol–water partition coefficient (Wildman–Crippen LogP) is 5.37. The summed E-state index contributed by atoms with van der Waals surface area (Å²) < 4.78 is 28.3. The van der Waals surface area contributed by atoms with Crippen molar-refractivity contribution in [3.05, 3.63) is 53.6 Å². The van der Waals surface area contributed by atoms with E-state index in [2.05, 4.69) is 9.80 Å². The highest BCUT2D eigenvalue weighted by molar-refractivity contribution is 5.95. The zero-order valence-electron chi connectivity index (χ0n) is 25.4. The maximum absolute atomic E-state index is 13.3. The van der Waals surface area contributed by atoms with Crippen LogP contribution in [0.5, 0.6) is 28.7 Å². The first-order valence-corrected chi connectivity index (χ1v) is 15.0. The first-order valence-electron chi connectivity index (χ1n) is 15.0. The lowest BCUT2D eigenvalue weighted by Crippen LogP contribution is -2.40. The zero-order chi connectivity index (χ0) is 29.5. The van der Waals surface area contributed by atoms with E-state index < -0.39 is 0 Å². The van der Waals surface area contributed by atoms with E-state index >= 15 is 0 Å². The Balaban J connectivity index is 1.15. The number of benzene rings is 3. The lowest BCUT2D eigenvalue weighted by atomic mass is 10.0. The Kier molecular flexibility index (Phi) is 9.95. The molecule has 1 atom stereocenters. The van der Waals surface area contributed by atoms with Crippen LogP contribution >= 0.6 is 0 Å². The van der Waals surface area contributed by atoms with Crippen molar-refractivity contribution in [3.63, 3.8) is 0 Å². The highest BCUT2D eigenvalue weighted by Gasteiger charge is 2.27. The van der Waals surface area contributed by atoms with E-state index in [0.717, 1.165) is 85.6 Å². The van der Waals surface area contributed by atoms with Gasteiger partial charge in [0.25, 0.3) is 0 Å². The van der Waals surface area contributed by atoms with Crippen LogP contribution in [0.25, 0.3) is 10.8 Å². The average Bonchev–Trinajstić information content (AvgIpc) is 3.33. The number of methoxy groups -OCH3 is 4. The third-order valence-electron chi connectivity index (χ3n) is 8.62. The van der Waals surface area contributed by atoms with Crippen LogP contribution in [0, 0.1) is 5.92 Å². The van der Waals surface area contributed by atoms with Crippen LogP contribution in [0.15, 0.2) is 42.5 Å². The summed E-state index contributed by atoms with van der Waals surface area (Å²) in [6.45, 7) is 5.30. The molecule has 0 aromatic heterocycles. The molecule has 2 heterocycles. The number of likely N-dealkylation sites (tertiary alicyclic amines) is 1. The van der Waals surface area contributed by atoms with Crippen LogP contribution in [-0.4, -0.2) is 83.5 Å². The third kappa shape index (κ3) is 6.70. The van der Waals surface area contributed by atoms with Gasteiger partial charge in [-0.05, 0) is 79.6 Å². The first-order chi connectivity index (χ1) is 20.5. The van der Waals surface area contributed by atoms with Gasteiger partial charge >= 0.3 is 0 Å². The number of ether oxygens (including phenoxy) is 5. The topological polar surface area (TPSA) is 69.7 Å². The molecule has 0 bridgehead atoms. The smallest absolute Gasteiger partial charge is 0.227 e. The third-order valence-corrected chi connectivity index (χ3v) is 8.62. The molecule has 1 fully saturated rings. The van der Waals surface area contributed by atoms with Gasteiger partial charge in [-0.1, -0.05) is 18.6 Å². The molecule has 226 valence electrons. The van der Waals surface area contributed by atoms with Gasteiger partial charge in [0.2, 0.25) is 5.91 Å². The number of hydrogen-bond donors (Lipinski definition) is 0. The van der Waals surface area contributed by atoms with Gasteiger partial charge in [0.15, 0.2) is 23.0 Å². The molecule has 1 amide bonds. The van der Waals surface area contributed by atoms with E-state index in [1.165, 1.54) is 18.4 Å². The SMILES string of the molecule is COc1cc2c(cc1OC)CC(=O)N(CC1CCCCN(CCCOc3cccc4c(OC)c(OC)ccc34)C1)CC2. The quantitative estimate of drug-likeness (QED) is 0.284. The highest BCUT2D eigenvalue weighted by Crippen LogP contribution is 2.39. The molecule has 0 spiro atoms. The second-order valence-electron chi connectivity index (χ2n) is 11.3. The molecule has 2 aliphatic heterocycles. The highest BCUT2D eigenvalue weighted by atomic mass is 16.5. The summed E-state index contributed by atoms with van der Waals surface area (Å²) in [5.41, 5.74) is 2.22. The van der Waals surface area contributed by atoms with Crippen molar-refractivity contribution in [2.24, 2.45) is 5.92 Å². The molecule has 8 nitrogen and oxygen atoms in total. The molecule has 42 heavy (non-hydrogen) atoms. The summed E-state index contributed by atoms with van der Waals surface area (Å²) in [5, 5.41) is 2.00. The number of carbonyl (C=O) groups is 1. The van der Waals surface area contributed by atoms with Crippen molar-refractivity contribution in [1.82, 2.24) is 9.80 Å². The van der Waals surface area contributed by atoms with Crippen molar-refractivity contribution in [3.8, 4) is 28.7 Å². The molecule has 0 aliphatic carbocycles. The van der Waals surface area contributed by atoms with E-state index in [-0.39, 0.29) is 5.91 Å². The van der Waals surface area contributed by atoms with Gasteiger partial charge in [0.05, 0.1) is 41.5 Å². The van der Waals surface area contributed by atoms with E-state index in [9.17, 15) is 4.79 Å². The molecule has 0 saturated carbocycles. The fourth-order valence-corrected chi connectivity index (χ4v) is 6.44. The van der Waals surface area contributed by atoms with Crippen molar-refractivity contribution in [2.45, 2.75) is 38.5 Å². The zero-order valence-corrected chi connectivity index (χ0v) is 25.4. The van der Waals surface area contributed by atoms with Gasteiger partial charge in [0, 0.05) is 37.0 Å². The van der Waals surface area contributed by atoms with Crippen LogP contribution in [0.1, 0.15) is 36.8 Å². The van der Waals surface area contributed by atoms with Crippen molar-refractivity contribution < 1.29 is 28.5 Å². The molecule has 0 radical (unpaired) electrons. The Labute approximate surface area is 249 Å². The summed E-state index contributed by atoms with van der Waals surface area (Å²) in [6, 6.07) is 14.0. The predicted molar refractivity (Wildman–Crippen MR) is 164 cm³/mol. The number of fused-ring (bicyclic) bond motifs is 2. The lowest BCUT2D eigenvalue weighted by molar-refractivity contribution is -0.130. The molecule has 8 heteroatoms. The summed E-state index contributed by atoms with van der Waals surface area (Å²) in [7, 11) is 6.60. The minimum Gasteiger partial charge on any atom is -0.493 e. The number of rotatable bonds is 11. The molecular formula is C34H44N2O6. The van der Waals surface area contributed by atoms with Gasteiger partial charge in [0.1, 0.15) is 5.75 Å². The Morgan fingerprint density at radius 2 is 1.60 bits per heavy atom.